The first-order valence-electron chi connectivity index (χ1n) is 8.70. The van der Waals surface area contributed by atoms with Crippen LogP contribution in [0.5, 0.6) is 11.5 Å². The van der Waals surface area contributed by atoms with Crippen molar-refractivity contribution in [3.63, 3.8) is 0 Å². The zero-order chi connectivity index (χ0) is 19.6. The molecule has 2 aromatic carbocycles. The van der Waals surface area contributed by atoms with Crippen LogP contribution in [-0.4, -0.2) is 45.8 Å². The molecule has 0 bridgehead atoms. The monoisotopic (exact) mass is 390 g/mol. The first-order chi connectivity index (χ1) is 13.0. The maximum absolute atomic E-state index is 11.9. The highest BCUT2D eigenvalue weighted by Crippen LogP contribution is 2.25. The zero-order valence-corrected chi connectivity index (χ0v) is 17.0. The van der Waals surface area contributed by atoms with E-state index in [2.05, 4.69) is 30.5 Å². The summed E-state index contributed by atoms with van der Waals surface area (Å²) < 4.78 is 21.6. The second-order valence-electron chi connectivity index (χ2n) is 6.02. The molecule has 1 atom stereocenters. The van der Waals surface area contributed by atoms with E-state index in [0.29, 0.717) is 30.3 Å². The van der Waals surface area contributed by atoms with Gasteiger partial charge in [0.1, 0.15) is 17.6 Å². The van der Waals surface area contributed by atoms with E-state index in [0.717, 1.165) is 6.42 Å². The number of hydrogen-bond acceptors (Lipinski definition) is 6. The first-order valence-corrected chi connectivity index (χ1v) is 9.93. The lowest BCUT2D eigenvalue weighted by Gasteiger charge is -2.16. The van der Waals surface area contributed by atoms with Crippen LogP contribution in [0.25, 0.3) is 0 Å². The average molecular weight is 391 g/mol. The lowest BCUT2D eigenvalue weighted by molar-refractivity contribution is 0.0598. The molecule has 0 spiro atoms. The Hall–Kier alpha value is -2.18. The van der Waals surface area contributed by atoms with Crippen LogP contribution >= 0.6 is 11.8 Å². The molecular weight excluding hydrogens is 364 g/mol. The summed E-state index contributed by atoms with van der Waals surface area (Å²) in [6.45, 7) is 2.84. The zero-order valence-electron chi connectivity index (χ0n) is 16.2. The highest BCUT2D eigenvalue weighted by atomic mass is 32.2. The predicted molar refractivity (Wildman–Crippen MR) is 107 cm³/mol. The number of rotatable bonds is 10. The Bertz CT molecular complexity index is 730. The van der Waals surface area contributed by atoms with Crippen LogP contribution in [0.3, 0.4) is 0 Å². The van der Waals surface area contributed by atoms with E-state index in [4.69, 9.17) is 18.9 Å². The Morgan fingerprint density at radius 2 is 1.78 bits per heavy atom. The molecule has 0 aliphatic heterocycles. The van der Waals surface area contributed by atoms with Gasteiger partial charge in [-0.1, -0.05) is 12.1 Å². The molecule has 0 unspecified atom stereocenters. The summed E-state index contributed by atoms with van der Waals surface area (Å²) >= 11 is 1.72. The summed E-state index contributed by atoms with van der Waals surface area (Å²) in [7, 11) is 2.97. The van der Waals surface area contributed by atoms with Gasteiger partial charge in [-0.2, -0.15) is 0 Å². The standard InChI is InChI=1S/C21H26O5S/c1-15(14-23-2)26-19-12-17(21(22)24-3)11-18(13-19)25-10-9-16-5-7-20(27-4)8-6-16/h5-8,11-13,15H,9-10,14H2,1-4H3/t15-/m0/s1. The smallest absolute Gasteiger partial charge is 0.338 e. The van der Waals surface area contributed by atoms with Gasteiger partial charge in [0.05, 0.1) is 25.9 Å². The summed E-state index contributed by atoms with van der Waals surface area (Å²) in [6.07, 6.45) is 2.68. The number of esters is 1. The molecular formula is C21H26O5S. The van der Waals surface area contributed by atoms with Crippen molar-refractivity contribution >= 4 is 17.7 Å². The fourth-order valence-electron chi connectivity index (χ4n) is 2.54. The van der Waals surface area contributed by atoms with Gasteiger partial charge in [-0.15, -0.1) is 11.8 Å². The van der Waals surface area contributed by atoms with Gasteiger partial charge in [0.25, 0.3) is 0 Å². The van der Waals surface area contributed by atoms with Crippen LogP contribution < -0.4 is 9.47 Å². The van der Waals surface area contributed by atoms with Crippen molar-refractivity contribution in [3.8, 4) is 11.5 Å². The first kappa shape index (κ1) is 21.1. The second kappa shape index (κ2) is 10.8. The summed E-state index contributed by atoms with van der Waals surface area (Å²) in [5.74, 6) is 0.678. The number of thioether (sulfide) groups is 1. The number of hydrogen-bond donors (Lipinski definition) is 0. The summed E-state index contributed by atoms with van der Waals surface area (Å²) in [5.41, 5.74) is 1.58. The number of methoxy groups -OCH3 is 2. The average Bonchev–Trinajstić information content (AvgIpc) is 2.68. The van der Waals surface area contributed by atoms with Crippen LogP contribution in [0.4, 0.5) is 0 Å². The Balaban J connectivity index is 2.05. The van der Waals surface area contributed by atoms with Crippen molar-refractivity contribution in [1.82, 2.24) is 0 Å². The van der Waals surface area contributed by atoms with Crippen LogP contribution in [0.2, 0.25) is 0 Å². The van der Waals surface area contributed by atoms with E-state index in [1.54, 1.807) is 37.1 Å². The van der Waals surface area contributed by atoms with Gasteiger partial charge in [0, 0.05) is 24.5 Å². The minimum atomic E-state index is -0.433. The highest BCUT2D eigenvalue weighted by Gasteiger charge is 2.12. The Kier molecular flexibility index (Phi) is 8.48. The number of carbonyl (C=O) groups excluding carboxylic acids is 1. The third-order valence-corrected chi connectivity index (χ3v) is 4.60. The van der Waals surface area contributed by atoms with Gasteiger partial charge in [-0.25, -0.2) is 4.79 Å². The van der Waals surface area contributed by atoms with Crippen LogP contribution in [0.15, 0.2) is 47.4 Å². The molecule has 0 fully saturated rings. The molecule has 0 aliphatic rings. The third-order valence-electron chi connectivity index (χ3n) is 3.86. The third kappa shape index (κ3) is 6.81. The van der Waals surface area contributed by atoms with Crippen molar-refractivity contribution < 1.29 is 23.7 Å². The Morgan fingerprint density at radius 3 is 2.41 bits per heavy atom. The van der Waals surface area contributed by atoms with Gasteiger partial charge in [-0.3, -0.25) is 0 Å². The van der Waals surface area contributed by atoms with E-state index in [9.17, 15) is 4.79 Å². The number of ether oxygens (including phenoxy) is 4. The van der Waals surface area contributed by atoms with Crippen molar-refractivity contribution in [2.24, 2.45) is 0 Å². The van der Waals surface area contributed by atoms with Gasteiger partial charge >= 0.3 is 5.97 Å². The minimum Gasteiger partial charge on any atom is -0.493 e. The fraction of sp³-hybridized carbons (Fsp3) is 0.381. The van der Waals surface area contributed by atoms with E-state index in [-0.39, 0.29) is 6.10 Å². The molecule has 0 aliphatic carbocycles. The molecule has 6 heteroatoms. The molecule has 0 heterocycles. The lowest BCUT2D eigenvalue weighted by atomic mass is 10.1. The van der Waals surface area contributed by atoms with Crippen LogP contribution in [-0.2, 0) is 15.9 Å². The van der Waals surface area contributed by atoms with Gasteiger partial charge in [0.15, 0.2) is 0 Å². The molecule has 0 amide bonds. The molecule has 146 valence electrons. The summed E-state index contributed by atoms with van der Waals surface area (Å²) in [4.78, 5) is 13.2. The van der Waals surface area contributed by atoms with E-state index >= 15 is 0 Å². The molecule has 0 radical (unpaired) electrons. The van der Waals surface area contributed by atoms with Crippen molar-refractivity contribution in [2.75, 3.05) is 33.7 Å². The molecule has 0 aromatic heterocycles. The normalized spacial score (nSPS) is 11.7. The maximum Gasteiger partial charge on any atom is 0.338 e. The number of carbonyl (C=O) groups is 1. The van der Waals surface area contributed by atoms with E-state index in [1.165, 1.54) is 17.6 Å². The fourth-order valence-corrected chi connectivity index (χ4v) is 2.95. The van der Waals surface area contributed by atoms with Gasteiger partial charge in [-0.05, 0) is 43.0 Å². The maximum atomic E-state index is 11.9. The van der Waals surface area contributed by atoms with Gasteiger partial charge < -0.3 is 18.9 Å². The molecule has 0 saturated carbocycles. The summed E-state index contributed by atoms with van der Waals surface area (Å²) in [6, 6.07) is 13.5. The molecule has 0 saturated heterocycles. The molecule has 5 nitrogen and oxygen atoms in total. The quantitative estimate of drug-likeness (QED) is 0.447. The van der Waals surface area contributed by atoms with E-state index < -0.39 is 5.97 Å². The summed E-state index contributed by atoms with van der Waals surface area (Å²) in [5, 5.41) is 0. The van der Waals surface area contributed by atoms with Crippen molar-refractivity contribution in [1.29, 1.82) is 0 Å². The molecule has 27 heavy (non-hydrogen) atoms. The molecule has 2 rings (SSSR count). The predicted octanol–water partition coefficient (Wildman–Crippen LogP) is 4.23. The minimum absolute atomic E-state index is 0.148. The largest absolute Gasteiger partial charge is 0.493 e. The van der Waals surface area contributed by atoms with Crippen LogP contribution in [0.1, 0.15) is 22.8 Å². The topological polar surface area (TPSA) is 54.0 Å². The highest BCUT2D eigenvalue weighted by molar-refractivity contribution is 7.98. The van der Waals surface area contributed by atoms with Crippen molar-refractivity contribution in [2.45, 2.75) is 24.3 Å². The SMILES string of the molecule is COC[C@H](C)Oc1cc(OCCc2ccc(SC)cc2)cc(C(=O)OC)c1. The van der Waals surface area contributed by atoms with E-state index in [1.807, 2.05) is 6.92 Å². The van der Waals surface area contributed by atoms with Crippen molar-refractivity contribution in [3.05, 3.63) is 53.6 Å². The Morgan fingerprint density at radius 1 is 1.07 bits per heavy atom. The Labute approximate surface area is 165 Å². The lowest BCUT2D eigenvalue weighted by Crippen LogP contribution is -2.18. The van der Waals surface area contributed by atoms with Crippen LogP contribution in [0, 0.1) is 0 Å². The van der Waals surface area contributed by atoms with Gasteiger partial charge in [0.2, 0.25) is 0 Å². The molecule has 0 N–H and O–H groups in total. The second-order valence-corrected chi connectivity index (χ2v) is 6.89. The number of benzene rings is 2. The molecule has 2 aromatic rings.